The second kappa shape index (κ2) is 8.38. The van der Waals surface area contributed by atoms with Crippen LogP contribution in [0.25, 0.3) is 0 Å². The fourth-order valence-corrected chi connectivity index (χ4v) is 3.55. The highest BCUT2D eigenvalue weighted by molar-refractivity contribution is 5.94. The summed E-state index contributed by atoms with van der Waals surface area (Å²) in [5.41, 5.74) is 1.34. The number of fused-ring (bicyclic) bond motifs is 1. The minimum absolute atomic E-state index is 0.250. The van der Waals surface area contributed by atoms with Crippen molar-refractivity contribution in [1.29, 1.82) is 0 Å². The summed E-state index contributed by atoms with van der Waals surface area (Å²) in [7, 11) is 1.47. The molecule has 0 saturated carbocycles. The number of nitrogens with one attached hydrogen (secondary N) is 1. The quantitative estimate of drug-likeness (QED) is 0.832. The van der Waals surface area contributed by atoms with Crippen molar-refractivity contribution in [3.63, 3.8) is 0 Å². The molecule has 7 nitrogen and oxygen atoms in total. The average molecular weight is 385 g/mol. The molecule has 2 N–H and O–H groups in total. The van der Waals surface area contributed by atoms with Crippen molar-refractivity contribution in [3.05, 3.63) is 71.8 Å². The second-order valence-corrected chi connectivity index (χ2v) is 6.81. The molecule has 28 heavy (non-hydrogen) atoms. The maximum absolute atomic E-state index is 12.6. The van der Waals surface area contributed by atoms with Gasteiger partial charge in [-0.15, -0.1) is 0 Å². The van der Waals surface area contributed by atoms with Gasteiger partial charge in [0.25, 0.3) is 5.91 Å². The molecule has 2 aliphatic rings. The number of hydrogen-bond donors (Lipinski definition) is 2. The van der Waals surface area contributed by atoms with Crippen molar-refractivity contribution >= 4 is 5.91 Å². The largest absolute Gasteiger partial charge is 0.388 e. The number of amides is 1. The summed E-state index contributed by atoms with van der Waals surface area (Å²) in [5.74, 6) is -0.319. The number of ether oxygens (including phenoxy) is 4. The number of methoxy groups -OCH3 is 1. The van der Waals surface area contributed by atoms with Crippen LogP contribution in [-0.2, 0) is 18.9 Å². The van der Waals surface area contributed by atoms with Crippen LogP contribution >= 0.6 is 0 Å². The van der Waals surface area contributed by atoms with Crippen molar-refractivity contribution in [2.45, 2.75) is 36.9 Å². The molecule has 2 aromatic rings. The molecule has 0 aromatic heterocycles. The van der Waals surface area contributed by atoms with Crippen LogP contribution < -0.4 is 5.32 Å². The zero-order chi connectivity index (χ0) is 19.5. The van der Waals surface area contributed by atoms with E-state index in [0.29, 0.717) is 5.56 Å². The number of hydrogen-bond acceptors (Lipinski definition) is 6. The van der Waals surface area contributed by atoms with Gasteiger partial charge in [-0.1, -0.05) is 48.5 Å². The van der Waals surface area contributed by atoms with Gasteiger partial charge in [0.05, 0.1) is 6.61 Å². The minimum Gasteiger partial charge on any atom is -0.388 e. The first-order valence-corrected chi connectivity index (χ1v) is 9.21. The maximum atomic E-state index is 12.6. The summed E-state index contributed by atoms with van der Waals surface area (Å²) in [4.78, 5) is 12.6. The first kappa shape index (κ1) is 19.0. The van der Waals surface area contributed by atoms with Crippen molar-refractivity contribution in [1.82, 2.24) is 5.32 Å². The van der Waals surface area contributed by atoms with E-state index in [1.54, 1.807) is 24.3 Å². The predicted molar refractivity (Wildman–Crippen MR) is 99.4 cm³/mol. The van der Waals surface area contributed by atoms with Gasteiger partial charge >= 0.3 is 0 Å². The third-order valence-electron chi connectivity index (χ3n) is 5.00. The van der Waals surface area contributed by atoms with E-state index in [1.807, 2.05) is 36.4 Å². The summed E-state index contributed by atoms with van der Waals surface area (Å²) in [6, 6.07) is 17.5. The first-order chi connectivity index (χ1) is 13.7. The Hall–Kier alpha value is -2.29. The molecule has 0 radical (unpaired) electrons. The molecule has 2 aliphatic heterocycles. The van der Waals surface area contributed by atoms with Crippen LogP contribution in [0.3, 0.4) is 0 Å². The van der Waals surface area contributed by atoms with Gasteiger partial charge < -0.3 is 29.4 Å². The molecule has 4 rings (SSSR count). The van der Waals surface area contributed by atoms with Gasteiger partial charge in [-0.05, 0) is 12.1 Å². The van der Waals surface area contributed by atoms with Crippen molar-refractivity contribution in [2.75, 3.05) is 13.7 Å². The van der Waals surface area contributed by atoms with Crippen LogP contribution in [-0.4, -0.2) is 55.4 Å². The van der Waals surface area contributed by atoms with Gasteiger partial charge in [-0.25, -0.2) is 0 Å². The molecule has 2 heterocycles. The predicted octanol–water partition coefficient (Wildman–Crippen LogP) is 1.63. The summed E-state index contributed by atoms with van der Waals surface area (Å²) in [6.45, 7) is 0.250. The van der Waals surface area contributed by atoms with E-state index in [1.165, 1.54) is 7.11 Å². The number of rotatable bonds is 4. The van der Waals surface area contributed by atoms with E-state index < -0.39 is 36.9 Å². The zero-order valence-electron chi connectivity index (χ0n) is 15.4. The Labute approximate surface area is 163 Å². The Bertz CT molecular complexity index is 786. The maximum Gasteiger partial charge on any atom is 0.251 e. The Balaban J connectivity index is 1.50. The van der Waals surface area contributed by atoms with E-state index in [9.17, 15) is 9.90 Å². The summed E-state index contributed by atoms with van der Waals surface area (Å²) < 4.78 is 23.0. The molecule has 6 atom stereocenters. The molecule has 2 fully saturated rings. The molecule has 0 aliphatic carbocycles. The van der Waals surface area contributed by atoms with Crippen LogP contribution in [0.2, 0.25) is 0 Å². The van der Waals surface area contributed by atoms with E-state index in [4.69, 9.17) is 18.9 Å². The SMILES string of the molecule is CO[C@H]1O[C@@H]2CO[C@@H](c3ccccc3)O[C@H]2[C@@H](O)[C@@H]1NC(=O)c1ccccc1. The first-order valence-electron chi connectivity index (χ1n) is 9.21. The second-order valence-electron chi connectivity index (χ2n) is 6.81. The summed E-state index contributed by atoms with van der Waals surface area (Å²) >= 11 is 0. The monoisotopic (exact) mass is 385 g/mol. The molecular formula is C21H23NO6. The highest BCUT2D eigenvalue weighted by Crippen LogP contribution is 2.34. The Morgan fingerprint density at radius 1 is 1.07 bits per heavy atom. The van der Waals surface area contributed by atoms with Gasteiger partial charge in [-0.2, -0.15) is 0 Å². The van der Waals surface area contributed by atoms with Crippen LogP contribution in [0.5, 0.6) is 0 Å². The van der Waals surface area contributed by atoms with Crippen LogP contribution in [0.15, 0.2) is 60.7 Å². The van der Waals surface area contributed by atoms with Crippen molar-refractivity contribution in [2.24, 2.45) is 0 Å². The van der Waals surface area contributed by atoms with Gasteiger partial charge in [0.15, 0.2) is 12.6 Å². The van der Waals surface area contributed by atoms with Crippen LogP contribution in [0.4, 0.5) is 0 Å². The van der Waals surface area contributed by atoms with Crippen molar-refractivity contribution < 1.29 is 28.8 Å². The van der Waals surface area contributed by atoms with E-state index in [2.05, 4.69) is 5.32 Å². The molecule has 7 heteroatoms. The van der Waals surface area contributed by atoms with Gasteiger partial charge in [-0.3, -0.25) is 4.79 Å². The minimum atomic E-state index is -1.02. The lowest BCUT2D eigenvalue weighted by Crippen LogP contribution is -2.66. The third-order valence-corrected chi connectivity index (χ3v) is 5.00. The molecule has 1 amide bonds. The Morgan fingerprint density at radius 2 is 1.75 bits per heavy atom. The van der Waals surface area contributed by atoms with E-state index in [0.717, 1.165) is 5.56 Å². The molecule has 148 valence electrons. The zero-order valence-corrected chi connectivity index (χ0v) is 15.4. The lowest BCUT2D eigenvalue weighted by atomic mass is 9.95. The normalized spacial score (nSPS) is 32.4. The number of aliphatic hydroxyl groups excluding tert-OH is 1. The number of benzene rings is 2. The molecule has 0 spiro atoms. The van der Waals surface area contributed by atoms with Crippen LogP contribution in [0, 0.1) is 0 Å². The number of aliphatic hydroxyl groups is 1. The fourth-order valence-electron chi connectivity index (χ4n) is 3.55. The molecule has 2 aromatic carbocycles. The van der Waals surface area contributed by atoms with E-state index in [-0.39, 0.29) is 12.5 Å². The fraction of sp³-hybridized carbons (Fsp3) is 0.381. The highest BCUT2D eigenvalue weighted by atomic mass is 16.7. The van der Waals surface area contributed by atoms with Crippen LogP contribution in [0.1, 0.15) is 22.2 Å². The van der Waals surface area contributed by atoms with Crippen molar-refractivity contribution in [3.8, 4) is 0 Å². The van der Waals surface area contributed by atoms with Gasteiger partial charge in [0.2, 0.25) is 0 Å². The number of carbonyl (C=O) groups excluding carboxylic acids is 1. The third kappa shape index (κ3) is 3.80. The van der Waals surface area contributed by atoms with E-state index >= 15 is 0 Å². The lowest BCUT2D eigenvalue weighted by molar-refractivity contribution is -0.340. The molecule has 0 unspecified atom stereocenters. The summed E-state index contributed by atoms with van der Waals surface area (Å²) in [6.07, 6.45) is -3.60. The standard InChI is InChI=1S/C21H23NO6/c1-25-21-16(22-19(24)13-8-4-2-5-9-13)17(23)18-15(27-21)12-26-20(28-18)14-10-6-3-7-11-14/h2-11,15-18,20-21,23H,12H2,1H3,(H,22,24)/t15-,16+,17+,18-,20-,21+/m1/s1. The molecule has 0 bridgehead atoms. The van der Waals surface area contributed by atoms with Gasteiger partial charge in [0, 0.05) is 18.2 Å². The Morgan fingerprint density at radius 3 is 2.43 bits per heavy atom. The molecule has 2 saturated heterocycles. The highest BCUT2D eigenvalue weighted by Gasteiger charge is 2.50. The lowest BCUT2D eigenvalue weighted by Gasteiger charge is -2.47. The molecular weight excluding hydrogens is 362 g/mol. The average Bonchev–Trinajstić information content (AvgIpc) is 2.76. The Kier molecular flexibility index (Phi) is 5.70. The summed E-state index contributed by atoms with van der Waals surface area (Å²) in [5, 5.41) is 13.8. The topological polar surface area (TPSA) is 86.2 Å². The van der Waals surface area contributed by atoms with Gasteiger partial charge in [0.1, 0.15) is 24.4 Å². The number of carbonyl (C=O) groups is 1. The smallest absolute Gasteiger partial charge is 0.251 e.